The average molecular weight is 178 g/mol. The summed E-state index contributed by atoms with van der Waals surface area (Å²) in [6, 6.07) is 2.91. The third-order valence-corrected chi connectivity index (χ3v) is 1.40. The van der Waals surface area contributed by atoms with Crippen molar-refractivity contribution in [1.82, 2.24) is 4.98 Å². The van der Waals surface area contributed by atoms with Crippen LogP contribution in [0.3, 0.4) is 0 Å². The highest BCUT2D eigenvalue weighted by Gasteiger charge is 2.12. The number of methoxy groups -OCH3 is 1. The molecule has 0 atom stereocenters. The molecule has 1 aromatic heterocycles. The molecule has 0 aliphatic rings. The maximum Gasteiger partial charge on any atom is 0.341 e. The molecule has 0 fully saturated rings. The van der Waals surface area contributed by atoms with Gasteiger partial charge in [-0.1, -0.05) is 0 Å². The van der Waals surface area contributed by atoms with E-state index < -0.39 is 5.97 Å². The van der Waals surface area contributed by atoms with Crippen LogP contribution in [0.25, 0.3) is 0 Å². The van der Waals surface area contributed by atoms with E-state index in [4.69, 9.17) is 10.4 Å². The molecule has 0 saturated heterocycles. The highest BCUT2D eigenvalue weighted by Crippen LogP contribution is 2.16. The smallest absolute Gasteiger partial charge is 0.341 e. The summed E-state index contributed by atoms with van der Waals surface area (Å²) >= 11 is 0. The first-order chi connectivity index (χ1) is 6.19. The van der Waals surface area contributed by atoms with E-state index in [1.54, 1.807) is 6.07 Å². The minimum absolute atomic E-state index is 0.0539. The summed E-state index contributed by atoms with van der Waals surface area (Å²) in [5.74, 6) is -0.998. The molecule has 13 heavy (non-hydrogen) atoms. The van der Waals surface area contributed by atoms with Crippen molar-refractivity contribution in [3.8, 4) is 11.8 Å². The van der Waals surface area contributed by atoms with Gasteiger partial charge in [0.15, 0.2) is 0 Å². The van der Waals surface area contributed by atoms with E-state index in [9.17, 15) is 4.79 Å². The lowest BCUT2D eigenvalue weighted by Crippen LogP contribution is -2.02. The first-order valence-electron chi connectivity index (χ1n) is 3.36. The van der Waals surface area contributed by atoms with Crippen LogP contribution in [0.15, 0.2) is 12.3 Å². The number of hydrogen-bond acceptors (Lipinski definition) is 5. The quantitative estimate of drug-likeness (QED) is 0.631. The van der Waals surface area contributed by atoms with Gasteiger partial charge >= 0.3 is 5.97 Å². The number of aromatic hydroxyl groups is 1. The summed E-state index contributed by atoms with van der Waals surface area (Å²) in [6.07, 6.45) is 1.03. The van der Waals surface area contributed by atoms with Gasteiger partial charge in [-0.2, -0.15) is 5.26 Å². The van der Waals surface area contributed by atoms with Crippen LogP contribution in [0.4, 0.5) is 0 Å². The lowest BCUT2D eigenvalue weighted by Gasteiger charge is -2.00. The maximum atomic E-state index is 11.0. The summed E-state index contributed by atoms with van der Waals surface area (Å²) in [5, 5.41) is 17.6. The maximum absolute atomic E-state index is 11.0. The van der Waals surface area contributed by atoms with Crippen molar-refractivity contribution in [1.29, 1.82) is 5.26 Å². The van der Waals surface area contributed by atoms with Crippen molar-refractivity contribution in [2.75, 3.05) is 7.11 Å². The number of nitrogens with zero attached hydrogens (tertiary/aromatic N) is 2. The number of ether oxygens (including phenoxy) is 1. The molecule has 0 aromatic carbocycles. The second-order valence-electron chi connectivity index (χ2n) is 2.19. The standard InChI is InChI=1S/C8H6N2O3/c1-13-8(12)6-2-5(3-9)10-4-7(6)11/h2,4,11H,1H3. The topological polar surface area (TPSA) is 83.2 Å². The number of nitriles is 1. The minimum Gasteiger partial charge on any atom is -0.505 e. The average Bonchev–Trinajstić information content (AvgIpc) is 2.17. The monoisotopic (exact) mass is 178 g/mol. The number of carbonyl (C=O) groups is 1. The summed E-state index contributed by atoms with van der Waals surface area (Å²) in [5.41, 5.74) is -0.00718. The van der Waals surface area contributed by atoms with Gasteiger partial charge in [0.05, 0.1) is 13.3 Å². The second kappa shape index (κ2) is 3.54. The van der Waals surface area contributed by atoms with E-state index >= 15 is 0 Å². The van der Waals surface area contributed by atoms with Crippen LogP contribution in [-0.4, -0.2) is 23.2 Å². The Morgan fingerprint density at radius 2 is 2.46 bits per heavy atom. The molecule has 0 aliphatic heterocycles. The third kappa shape index (κ3) is 1.73. The molecule has 0 radical (unpaired) electrons. The molecule has 1 rings (SSSR count). The Hall–Kier alpha value is -2.09. The molecule has 0 bridgehead atoms. The van der Waals surface area contributed by atoms with E-state index in [2.05, 4.69) is 9.72 Å². The SMILES string of the molecule is COC(=O)c1cc(C#N)ncc1O. The van der Waals surface area contributed by atoms with Crippen LogP contribution in [0.2, 0.25) is 0 Å². The molecular formula is C8H6N2O3. The predicted molar refractivity (Wildman–Crippen MR) is 42.0 cm³/mol. The molecular weight excluding hydrogens is 172 g/mol. The van der Waals surface area contributed by atoms with Crippen LogP contribution >= 0.6 is 0 Å². The van der Waals surface area contributed by atoms with Crippen LogP contribution < -0.4 is 0 Å². The van der Waals surface area contributed by atoms with Gasteiger partial charge in [0, 0.05) is 0 Å². The fourth-order valence-corrected chi connectivity index (χ4v) is 0.783. The Kier molecular flexibility index (Phi) is 2.45. The highest BCUT2D eigenvalue weighted by molar-refractivity contribution is 5.92. The Bertz CT molecular complexity index is 381. The number of hydrogen-bond donors (Lipinski definition) is 1. The summed E-state index contributed by atoms with van der Waals surface area (Å²) in [7, 11) is 1.19. The zero-order valence-corrected chi connectivity index (χ0v) is 6.81. The lowest BCUT2D eigenvalue weighted by atomic mass is 10.2. The Morgan fingerprint density at radius 3 is 3.00 bits per heavy atom. The van der Waals surface area contributed by atoms with Crippen LogP contribution in [-0.2, 0) is 4.74 Å². The second-order valence-corrected chi connectivity index (χ2v) is 2.19. The molecule has 66 valence electrons. The summed E-state index contributed by atoms with van der Waals surface area (Å²) < 4.78 is 4.38. The lowest BCUT2D eigenvalue weighted by molar-refractivity contribution is 0.0597. The van der Waals surface area contributed by atoms with Crippen molar-refractivity contribution >= 4 is 5.97 Å². The predicted octanol–water partition coefficient (Wildman–Crippen LogP) is 0.445. The number of pyridine rings is 1. The van der Waals surface area contributed by atoms with Crippen LogP contribution in [0.5, 0.6) is 5.75 Å². The van der Waals surface area contributed by atoms with Gasteiger partial charge < -0.3 is 9.84 Å². The molecule has 5 nitrogen and oxygen atoms in total. The van der Waals surface area contributed by atoms with Gasteiger partial charge in [0.25, 0.3) is 0 Å². The van der Waals surface area contributed by atoms with Crippen molar-refractivity contribution < 1.29 is 14.6 Å². The van der Waals surface area contributed by atoms with Gasteiger partial charge in [-0.25, -0.2) is 9.78 Å². The Morgan fingerprint density at radius 1 is 1.77 bits per heavy atom. The van der Waals surface area contributed by atoms with E-state index in [-0.39, 0.29) is 17.0 Å². The fraction of sp³-hybridized carbons (Fsp3) is 0.125. The summed E-state index contributed by atoms with van der Waals surface area (Å²) in [4.78, 5) is 14.5. The number of carbonyl (C=O) groups excluding carboxylic acids is 1. The normalized spacial score (nSPS) is 8.92. The Balaban J connectivity index is 3.20. The molecule has 0 amide bonds. The minimum atomic E-state index is -0.698. The molecule has 0 saturated carbocycles. The highest BCUT2D eigenvalue weighted by atomic mass is 16.5. The third-order valence-electron chi connectivity index (χ3n) is 1.40. The molecule has 1 aromatic rings. The van der Waals surface area contributed by atoms with Crippen LogP contribution in [0.1, 0.15) is 16.1 Å². The Labute approximate surface area is 74.2 Å². The zero-order valence-electron chi connectivity index (χ0n) is 6.81. The van der Waals surface area contributed by atoms with E-state index in [1.165, 1.54) is 13.2 Å². The molecule has 0 spiro atoms. The largest absolute Gasteiger partial charge is 0.505 e. The number of esters is 1. The van der Waals surface area contributed by atoms with Gasteiger partial charge in [-0.15, -0.1) is 0 Å². The van der Waals surface area contributed by atoms with E-state index in [1.807, 2.05) is 0 Å². The van der Waals surface area contributed by atoms with Crippen molar-refractivity contribution in [3.05, 3.63) is 23.5 Å². The van der Waals surface area contributed by atoms with Crippen molar-refractivity contribution in [3.63, 3.8) is 0 Å². The molecule has 0 aliphatic carbocycles. The van der Waals surface area contributed by atoms with Crippen molar-refractivity contribution in [2.24, 2.45) is 0 Å². The molecule has 1 N–H and O–H groups in total. The van der Waals surface area contributed by atoms with Gasteiger partial charge in [0.1, 0.15) is 23.1 Å². The summed E-state index contributed by atoms with van der Waals surface area (Å²) in [6.45, 7) is 0. The van der Waals surface area contributed by atoms with E-state index in [0.29, 0.717) is 0 Å². The molecule has 1 heterocycles. The van der Waals surface area contributed by atoms with Crippen LogP contribution in [0, 0.1) is 11.3 Å². The van der Waals surface area contributed by atoms with Crippen molar-refractivity contribution in [2.45, 2.75) is 0 Å². The zero-order chi connectivity index (χ0) is 9.84. The first-order valence-corrected chi connectivity index (χ1v) is 3.36. The van der Waals surface area contributed by atoms with Gasteiger partial charge in [-0.3, -0.25) is 0 Å². The fourth-order valence-electron chi connectivity index (χ4n) is 0.783. The molecule has 5 heteroatoms. The van der Waals surface area contributed by atoms with Gasteiger partial charge in [0.2, 0.25) is 0 Å². The van der Waals surface area contributed by atoms with Gasteiger partial charge in [-0.05, 0) is 6.07 Å². The first kappa shape index (κ1) is 9.00. The number of rotatable bonds is 1. The van der Waals surface area contributed by atoms with E-state index in [0.717, 1.165) is 6.20 Å². The number of aromatic nitrogens is 1. The molecule has 0 unspecified atom stereocenters.